The van der Waals surface area contributed by atoms with Gasteiger partial charge in [-0.1, -0.05) is 35.0 Å². The maximum absolute atomic E-state index is 13.5. The van der Waals surface area contributed by atoms with E-state index in [-0.39, 0.29) is 36.2 Å². The molecule has 0 radical (unpaired) electrons. The van der Waals surface area contributed by atoms with E-state index in [0.717, 1.165) is 62.0 Å². The van der Waals surface area contributed by atoms with E-state index in [1.807, 2.05) is 6.07 Å². The lowest BCUT2D eigenvalue weighted by Gasteiger charge is -2.29. The summed E-state index contributed by atoms with van der Waals surface area (Å²) in [5.41, 5.74) is 9.92. The van der Waals surface area contributed by atoms with Gasteiger partial charge in [0.05, 0.1) is 46.7 Å². The number of nitrogens with two attached hydrogens (primary N) is 1. The molecule has 1 aromatic heterocycles. The van der Waals surface area contributed by atoms with Crippen molar-refractivity contribution in [1.82, 2.24) is 20.4 Å². The van der Waals surface area contributed by atoms with Crippen LogP contribution in [0.25, 0.3) is 0 Å². The molecule has 0 aliphatic carbocycles. The fourth-order valence-corrected chi connectivity index (χ4v) is 5.74. The first-order valence-corrected chi connectivity index (χ1v) is 16.1. The summed E-state index contributed by atoms with van der Waals surface area (Å²) in [6.45, 7) is 1.88. The number of carboxylic acid groups (broad SMARTS) is 1. The Morgan fingerprint density at radius 1 is 1.04 bits per heavy atom. The number of aliphatic carboxylic acids is 1. The lowest BCUT2D eigenvalue weighted by molar-refractivity contribution is -0.138. The van der Waals surface area contributed by atoms with Crippen molar-refractivity contribution >= 4 is 47.0 Å². The molecule has 1 aliphatic heterocycles. The number of halogens is 4. The number of carboxylic acids is 1. The van der Waals surface area contributed by atoms with E-state index in [2.05, 4.69) is 31.1 Å². The molecular weight excluding hydrogens is 677 g/mol. The monoisotopic (exact) mass is 710 g/mol. The number of anilines is 2. The summed E-state index contributed by atoms with van der Waals surface area (Å²) < 4.78 is 41.4. The van der Waals surface area contributed by atoms with Crippen LogP contribution in [0, 0.1) is 0 Å². The number of amides is 2. The number of nitrogens with one attached hydrogen (secondary N) is 2. The fraction of sp³-hybridized carbons (Fsp3) is 0.294. The minimum atomic E-state index is -4.66. The number of carbonyl (C=O) groups excluding carboxylic acids is 2. The molecule has 0 spiro atoms. The highest BCUT2D eigenvalue weighted by molar-refractivity contribution is 6.31. The van der Waals surface area contributed by atoms with Gasteiger partial charge in [-0.2, -0.15) is 18.3 Å². The molecule has 2 heterocycles. The number of hydrogen-bond donors (Lipinski definition) is 4. The maximum Gasteiger partial charge on any atom is 0.417 e. The van der Waals surface area contributed by atoms with Crippen molar-refractivity contribution < 1.29 is 32.7 Å². The zero-order chi connectivity index (χ0) is 35.8. The Kier molecular flexibility index (Phi) is 11.5. The number of aromatic nitrogens is 3. The van der Waals surface area contributed by atoms with E-state index >= 15 is 0 Å². The predicted molar refractivity (Wildman–Crippen MR) is 181 cm³/mol. The second-order valence-corrected chi connectivity index (χ2v) is 12.2. The lowest BCUT2D eigenvalue weighted by atomic mass is 10.1. The van der Waals surface area contributed by atoms with E-state index in [1.54, 1.807) is 47.3 Å². The lowest BCUT2D eigenvalue weighted by Crippen LogP contribution is -2.30. The molecule has 1 saturated heterocycles. The van der Waals surface area contributed by atoms with E-state index in [9.17, 15) is 27.6 Å². The molecular formula is C34H34ClF3N8O4. The first-order valence-electron chi connectivity index (χ1n) is 15.7. The molecule has 1 atom stereocenters. The standard InChI is InChI=1S/C34H34ClF3N8O4/c35-29-9-7-21(14-28(29)34(36,37)38)18-40-43-33(50)27-17-26(45-11-2-1-3-12-45)8-10-30(27)41-32(49)23-6-4-5-22(13-23)19-46-20-25(42-44-46)15-24(39)16-31(47)48/h4-10,13-14,17-18,20,24H,1-3,11-12,15-16,19,39H2,(H,41,49)(H,43,50)(H,47,48)/b40-18+. The van der Waals surface area contributed by atoms with E-state index in [0.29, 0.717) is 11.3 Å². The van der Waals surface area contributed by atoms with Crippen molar-refractivity contribution in [1.29, 1.82) is 0 Å². The molecule has 16 heteroatoms. The van der Waals surface area contributed by atoms with Gasteiger partial charge in [-0.05, 0) is 72.9 Å². The van der Waals surface area contributed by atoms with Crippen LogP contribution in [0.2, 0.25) is 5.02 Å². The molecule has 5 N–H and O–H groups in total. The topological polar surface area (TPSA) is 168 Å². The Labute approximate surface area is 290 Å². The Bertz CT molecular complexity index is 1890. The van der Waals surface area contributed by atoms with Gasteiger partial charge < -0.3 is 21.1 Å². The van der Waals surface area contributed by atoms with Crippen molar-refractivity contribution in [3.63, 3.8) is 0 Å². The maximum atomic E-state index is 13.5. The molecule has 1 fully saturated rings. The Morgan fingerprint density at radius 3 is 2.56 bits per heavy atom. The summed E-state index contributed by atoms with van der Waals surface area (Å²) in [7, 11) is 0. The molecule has 1 aliphatic rings. The summed E-state index contributed by atoms with van der Waals surface area (Å²) >= 11 is 5.70. The second-order valence-electron chi connectivity index (χ2n) is 11.8. The zero-order valence-electron chi connectivity index (χ0n) is 26.7. The number of hydrazone groups is 1. The van der Waals surface area contributed by atoms with Gasteiger partial charge in [-0.15, -0.1) is 5.10 Å². The first-order chi connectivity index (χ1) is 23.9. The number of benzene rings is 3. The molecule has 0 saturated carbocycles. The third-order valence-corrected chi connectivity index (χ3v) is 8.25. The molecule has 262 valence electrons. The normalized spacial score (nSPS) is 14.1. The number of alkyl halides is 3. The minimum Gasteiger partial charge on any atom is -0.481 e. The van der Waals surface area contributed by atoms with Gasteiger partial charge in [0.2, 0.25) is 0 Å². The summed E-state index contributed by atoms with van der Waals surface area (Å²) in [4.78, 5) is 39.9. The number of hydrogen-bond acceptors (Lipinski definition) is 8. The van der Waals surface area contributed by atoms with Gasteiger partial charge >= 0.3 is 12.1 Å². The summed E-state index contributed by atoms with van der Waals surface area (Å²) in [5.74, 6) is -2.17. The fourth-order valence-electron chi connectivity index (χ4n) is 5.51. The van der Waals surface area contributed by atoms with Crippen LogP contribution in [0.5, 0.6) is 0 Å². The Hall–Kier alpha value is -5.28. The highest BCUT2D eigenvalue weighted by Crippen LogP contribution is 2.35. The van der Waals surface area contributed by atoms with Crippen LogP contribution in [-0.4, -0.2) is 63.2 Å². The van der Waals surface area contributed by atoms with Gasteiger partial charge in [0.1, 0.15) is 0 Å². The SMILES string of the molecule is NC(CC(=O)O)Cc1cn(Cc2cccc(C(=O)Nc3ccc(N4CCCCC4)cc3C(=O)N/N=C/c3ccc(Cl)c(C(F)(F)F)c3)c2)nn1. The van der Waals surface area contributed by atoms with Gasteiger partial charge in [-0.25, -0.2) is 10.1 Å². The van der Waals surface area contributed by atoms with Crippen molar-refractivity contribution in [3.05, 3.63) is 105 Å². The van der Waals surface area contributed by atoms with Crippen molar-refractivity contribution in [3.8, 4) is 0 Å². The third kappa shape index (κ3) is 9.66. The minimum absolute atomic E-state index is 0.0707. The van der Waals surface area contributed by atoms with Crippen LogP contribution in [0.3, 0.4) is 0 Å². The van der Waals surface area contributed by atoms with Crippen molar-refractivity contribution in [2.45, 2.75) is 50.9 Å². The molecule has 50 heavy (non-hydrogen) atoms. The van der Waals surface area contributed by atoms with Gasteiger partial charge in [0, 0.05) is 43.0 Å². The molecule has 1 unspecified atom stereocenters. The number of nitrogens with zero attached hydrogens (tertiary/aromatic N) is 5. The van der Waals surface area contributed by atoms with E-state index in [1.165, 1.54) is 6.07 Å². The van der Waals surface area contributed by atoms with E-state index in [4.69, 9.17) is 22.4 Å². The van der Waals surface area contributed by atoms with Crippen molar-refractivity contribution in [2.24, 2.45) is 10.8 Å². The van der Waals surface area contributed by atoms with E-state index < -0.39 is 40.6 Å². The predicted octanol–water partition coefficient (Wildman–Crippen LogP) is 5.35. The largest absolute Gasteiger partial charge is 0.481 e. The second kappa shape index (κ2) is 16.0. The van der Waals surface area contributed by atoms with Crippen LogP contribution in [0.1, 0.15) is 68.8 Å². The Balaban J connectivity index is 1.32. The average Bonchev–Trinajstić information content (AvgIpc) is 3.51. The van der Waals surface area contributed by atoms with Crippen LogP contribution in [-0.2, 0) is 23.9 Å². The summed E-state index contributed by atoms with van der Waals surface area (Å²) in [6, 6.07) is 14.5. The van der Waals surface area contributed by atoms with Crippen LogP contribution in [0.15, 0.2) is 72.0 Å². The first kappa shape index (κ1) is 36.0. The van der Waals surface area contributed by atoms with Gasteiger partial charge in [-0.3, -0.25) is 14.4 Å². The molecule has 12 nitrogen and oxygen atoms in total. The summed E-state index contributed by atoms with van der Waals surface area (Å²) in [5, 5.41) is 23.3. The Morgan fingerprint density at radius 2 is 1.82 bits per heavy atom. The number of carbonyl (C=O) groups is 3. The zero-order valence-corrected chi connectivity index (χ0v) is 27.4. The third-order valence-electron chi connectivity index (χ3n) is 7.92. The smallest absolute Gasteiger partial charge is 0.417 e. The number of rotatable bonds is 12. The molecule has 5 rings (SSSR count). The van der Waals surface area contributed by atoms with Gasteiger partial charge in [0.25, 0.3) is 11.8 Å². The molecule has 3 aromatic carbocycles. The van der Waals surface area contributed by atoms with Crippen LogP contribution >= 0.6 is 11.6 Å². The molecule has 0 bridgehead atoms. The highest BCUT2D eigenvalue weighted by atomic mass is 35.5. The van der Waals surface area contributed by atoms with Gasteiger partial charge in [0.15, 0.2) is 0 Å². The highest BCUT2D eigenvalue weighted by Gasteiger charge is 2.33. The van der Waals surface area contributed by atoms with Crippen molar-refractivity contribution in [2.75, 3.05) is 23.3 Å². The summed E-state index contributed by atoms with van der Waals surface area (Å²) in [6.07, 6.45) is 1.21. The molecule has 2 amide bonds. The van der Waals surface area contributed by atoms with Crippen LogP contribution < -0.4 is 21.4 Å². The quantitative estimate of drug-likeness (QED) is 0.113. The number of piperidine rings is 1. The van der Waals surface area contributed by atoms with Crippen LogP contribution in [0.4, 0.5) is 24.5 Å². The molecule has 4 aromatic rings. The average molecular weight is 711 g/mol.